The molecule has 3 aromatic rings. The first-order valence-electron chi connectivity index (χ1n) is 7.31. The molecule has 5 nitrogen and oxygen atoms in total. The van der Waals surface area contributed by atoms with E-state index in [1.165, 1.54) is 0 Å². The summed E-state index contributed by atoms with van der Waals surface area (Å²) in [7, 11) is 0. The van der Waals surface area contributed by atoms with Crippen LogP contribution in [0.3, 0.4) is 0 Å². The maximum atomic E-state index is 11.8. The number of esters is 1. The first-order chi connectivity index (χ1) is 11.2. The third-order valence-electron chi connectivity index (χ3n) is 3.40. The Kier molecular flexibility index (Phi) is 4.48. The molecular weight excluding hydrogens is 314 g/mol. The number of hydrogen-bond acceptors (Lipinski definition) is 4. The molecule has 0 radical (unpaired) electrons. The smallest absolute Gasteiger partial charge is 0.338 e. The van der Waals surface area contributed by atoms with Gasteiger partial charge in [-0.2, -0.15) is 0 Å². The van der Waals surface area contributed by atoms with E-state index in [1.54, 1.807) is 25.1 Å². The third-order valence-corrected chi connectivity index (χ3v) is 3.77. The van der Waals surface area contributed by atoms with E-state index in [1.807, 2.05) is 24.3 Å². The first-order valence-corrected chi connectivity index (χ1v) is 7.69. The molecule has 118 valence electrons. The third kappa shape index (κ3) is 3.46. The minimum absolute atomic E-state index is 0.338. The lowest BCUT2D eigenvalue weighted by Gasteiger charge is -2.04. The quantitative estimate of drug-likeness (QED) is 0.694. The predicted molar refractivity (Wildman–Crippen MR) is 90.8 cm³/mol. The number of nitrogens with zero attached hydrogens (tertiary/aromatic N) is 1. The topological polar surface area (TPSA) is 67.0 Å². The summed E-state index contributed by atoms with van der Waals surface area (Å²) in [6, 6.07) is 12.9. The number of benzene rings is 2. The Morgan fingerprint density at radius 3 is 2.91 bits per heavy atom. The van der Waals surface area contributed by atoms with Crippen LogP contribution in [0.25, 0.3) is 11.0 Å². The summed E-state index contributed by atoms with van der Waals surface area (Å²) in [5, 5.41) is 3.91. The van der Waals surface area contributed by atoms with Gasteiger partial charge in [0, 0.05) is 11.6 Å². The fourth-order valence-corrected chi connectivity index (χ4v) is 2.46. The zero-order valence-corrected chi connectivity index (χ0v) is 13.4. The Morgan fingerprint density at radius 2 is 2.13 bits per heavy atom. The molecule has 0 amide bonds. The van der Waals surface area contributed by atoms with E-state index in [4.69, 9.17) is 16.3 Å². The maximum Gasteiger partial charge on any atom is 0.338 e. The van der Waals surface area contributed by atoms with Crippen molar-refractivity contribution >= 4 is 34.6 Å². The summed E-state index contributed by atoms with van der Waals surface area (Å²) in [6.45, 7) is 2.69. The van der Waals surface area contributed by atoms with Crippen LogP contribution >= 0.6 is 11.6 Å². The van der Waals surface area contributed by atoms with Gasteiger partial charge in [0.1, 0.15) is 0 Å². The Hall–Kier alpha value is -2.53. The van der Waals surface area contributed by atoms with Gasteiger partial charge in [0.15, 0.2) is 0 Å². The van der Waals surface area contributed by atoms with Gasteiger partial charge in [-0.1, -0.05) is 29.8 Å². The number of rotatable bonds is 5. The maximum absolute atomic E-state index is 11.8. The van der Waals surface area contributed by atoms with Crippen LogP contribution in [0.2, 0.25) is 5.02 Å². The van der Waals surface area contributed by atoms with Crippen molar-refractivity contribution < 1.29 is 9.53 Å². The lowest BCUT2D eigenvalue weighted by molar-refractivity contribution is 0.0526. The average molecular weight is 330 g/mol. The van der Waals surface area contributed by atoms with Crippen molar-refractivity contribution in [2.45, 2.75) is 13.5 Å². The van der Waals surface area contributed by atoms with Gasteiger partial charge in [0.2, 0.25) is 5.95 Å². The highest BCUT2D eigenvalue weighted by Crippen LogP contribution is 2.19. The number of anilines is 1. The number of carbonyl (C=O) groups excluding carboxylic acids is 1. The van der Waals surface area contributed by atoms with Crippen molar-refractivity contribution in [2.24, 2.45) is 0 Å². The Balaban J connectivity index is 1.77. The average Bonchev–Trinajstić information content (AvgIpc) is 2.96. The molecule has 2 N–H and O–H groups in total. The van der Waals surface area contributed by atoms with Crippen LogP contribution in [-0.4, -0.2) is 22.5 Å². The Bertz CT molecular complexity index is 845. The van der Waals surface area contributed by atoms with E-state index in [0.29, 0.717) is 29.7 Å². The van der Waals surface area contributed by atoms with E-state index in [9.17, 15) is 4.79 Å². The van der Waals surface area contributed by atoms with E-state index in [0.717, 1.165) is 16.6 Å². The van der Waals surface area contributed by atoms with Crippen LogP contribution in [0.1, 0.15) is 22.8 Å². The summed E-state index contributed by atoms with van der Waals surface area (Å²) < 4.78 is 5.00. The molecule has 3 rings (SSSR count). The van der Waals surface area contributed by atoms with Crippen LogP contribution in [0, 0.1) is 0 Å². The molecular formula is C17H16ClN3O2. The molecule has 0 aliphatic heterocycles. The molecule has 0 unspecified atom stereocenters. The molecule has 2 aromatic carbocycles. The fraction of sp³-hybridized carbons (Fsp3) is 0.176. The fourth-order valence-electron chi connectivity index (χ4n) is 2.26. The number of imidazole rings is 1. The van der Waals surface area contributed by atoms with Gasteiger partial charge in [-0.05, 0) is 36.8 Å². The van der Waals surface area contributed by atoms with Crippen LogP contribution < -0.4 is 5.32 Å². The number of carbonyl (C=O) groups is 1. The normalized spacial score (nSPS) is 10.7. The van der Waals surface area contributed by atoms with E-state index >= 15 is 0 Å². The van der Waals surface area contributed by atoms with Crippen molar-refractivity contribution in [1.82, 2.24) is 9.97 Å². The lowest BCUT2D eigenvalue weighted by atomic mass is 10.2. The van der Waals surface area contributed by atoms with Gasteiger partial charge in [0.25, 0.3) is 0 Å². The summed E-state index contributed by atoms with van der Waals surface area (Å²) in [5.41, 5.74) is 3.04. The molecule has 0 atom stereocenters. The molecule has 0 bridgehead atoms. The Morgan fingerprint density at radius 1 is 1.30 bits per heavy atom. The molecule has 6 heteroatoms. The molecule has 1 aromatic heterocycles. The lowest BCUT2D eigenvalue weighted by Crippen LogP contribution is -2.04. The zero-order valence-electron chi connectivity index (χ0n) is 12.6. The van der Waals surface area contributed by atoms with Crippen molar-refractivity contribution in [2.75, 3.05) is 11.9 Å². The molecule has 0 saturated carbocycles. The molecule has 0 saturated heterocycles. The van der Waals surface area contributed by atoms with Crippen LogP contribution in [0.5, 0.6) is 0 Å². The molecule has 1 heterocycles. The summed E-state index contributed by atoms with van der Waals surface area (Å²) >= 11 is 6.13. The minimum atomic E-state index is -0.338. The van der Waals surface area contributed by atoms with E-state index in [2.05, 4.69) is 15.3 Å². The van der Waals surface area contributed by atoms with Gasteiger partial charge in [0.05, 0.1) is 23.2 Å². The summed E-state index contributed by atoms with van der Waals surface area (Å²) in [5.74, 6) is 0.288. The number of nitrogens with one attached hydrogen (secondary N) is 2. The predicted octanol–water partition coefficient (Wildman–Crippen LogP) is 4.01. The van der Waals surface area contributed by atoms with Gasteiger partial charge >= 0.3 is 5.97 Å². The number of fused-ring (bicyclic) bond motifs is 1. The number of ether oxygens (including phenoxy) is 1. The number of halogens is 1. The van der Waals surface area contributed by atoms with Gasteiger partial charge in [-0.3, -0.25) is 0 Å². The minimum Gasteiger partial charge on any atom is -0.462 e. The van der Waals surface area contributed by atoms with Crippen LogP contribution in [0.4, 0.5) is 5.95 Å². The number of aromatic nitrogens is 2. The number of H-pyrrole nitrogens is 1. The number of aromatic amines is 1. The van der Waals surface area contributed by atoms with Crippen molar-refractivity contribution in [1.29, 1.82) is 0 Å². The van der Waals surface area contributed by atoms with Crippen LogP contribution in [-0.2, 0) is 11.3 Å². The van der Waals surface area contributed by atoms with E-state index < -0.39 is 0 Å². The highest BCUT2D eigenvalue weighted by atomic mass is 35.5. The standard InChI is InChI=1S/C17H16ClN3O2/c1-2-23-16(22)11-7-8-14-15(9-11)21-17(20-14)19-10-12-5-3-4-6-13(12)18/h3-9H,2,10H2,1H3,(H2,19,20,21). The zero-order chi connectivity index (χ0) is 16.2. The molecule has 0 aliphatic carbocycles. The van der Waals surface area contributed by atoms with Crippen molar-refractivity contribution in [3.8, 4) is 0 Å². The van der Waals surface area contributed by atoms with Crippen molar-refractivity contribution in [3.63, 3.8) is 0 Å². The van der Waals surface area contributed by atoms with Crippen molar-refractivity contribution in [3.05, 3.63) is 58.6 Å². The van der Waals surface area contributed by atoms with Gasteiger partial charge in [-0.15, -0.1) is 0 Å². The molecule has 0 fully saturated rings. The van der Waals surface area contributed by atoms with Gasteiger partial charge < -0.3 is 15.0 Å². The highest BCUT2D eigenvalue weighted by Gasteiger charge is 2.10. The monoisotopic (exact) mass is 329 g/mol. The number of hydrogen-bond donors (Lipinski definition) is 2. The Labute approximate surface area is 138 Å². The second-order valence-corrected chi connectivity index (χ2v) is 5.39. The molecule has 23 heavy (non-hydrogen) atoms. The SMILES string of the molecule is CCOC(=O)c1ccc2nc(NCc3ccccc3Cl)[nH]c2c1. The van der Waals surface area contributed by atoms with E-state index in [-0.39, 0.29) is 5.97 Å². The second-order valence-electron chi connectivity index (χ2n) is 4.98. The second kappa shape index (κ2) is 6.71. The first kappa shape index (κ1) is 15.4. The molecule has 0 spiro atoms. The largest absolute Gasteiger partial charge is 0.462 e. The summed E-state index contributed by atoms with van der Waals surface area (Å²) in [4.78, 5) is 19.3. The summed E-state index contributed by atoms with van der Waals surface area (Å²) in [6.07, 6.45) is 0. The highest BCUT2D eigenvalue weighted by molar-refractivity contribution is 6.31. The van der Waals surface area contributed by atoms with Crippen LogP contribution in [0.15, 0.2) is 42.5 Å². The molecule has 0 aliphatic rings. The van der Waals surface area contributed by atoms with Gasteiger partial charge in [-0.25, -0.2) is 9.78 Å².